The monoisotopic (exact) mass is 306 g/mol. The molecule has 2 aliphatic heterocycles. The van der Waals surface area contributed by atoms with E-state index in [0.717, 1.165) is 19.3 Å². The van der Waals surface area contributed by atoms with Crippen molar-refractivity contribution in [2.75, 3.05) is 26.3 Å². The lowest BCUT2D eigenvalue weighted by Gasteiger charge is -2.39. The lowest BCUT2D eigenvalue weighted by molar-refractivity contribution is -0.162. The van der Waals surface area contributed by atoms with Crippen LogP contribution < -0.4 is 0 Å². The van der Waals surface area contributed by atoms with Gasteiger partial charge in [0.05, 0.1) is 0 Å². The molecule has 2 fully saturated rings. The smallest absolute Gasteiger partial charge is 0.255 e. The molecule has 2 heterocycles. The average Bonchev–Trinajstić information content (AvgIpc) is 2.55. The van der Waals surface area contributed by atoms with Gasteiger partial charge in [0, 0.05) is 25.0 Å². The molecule has 120 valence electrons. The first kappa shape index (κ1) is 15.2. The van der Waals surface area contributed by atoms with Gasteiger partial charge >= 0.3 is 0 Å². The van der Waals surface area contributed by atoms with E-state index in [2.05, 4.69) is 12.2 Å². The summed E-state index contributed by atoms with van der Waals surface area (Å²) in [4.78, 5) is 39.5. The Balaban J connectivity index is 1.55. The van der Waals surface area contributed by atoms with Crippen LogP contribution in [-0.4, -0.2) is 59.9 Å². The van der Waals surface area contributed by atoms with Gasteiger partial charge in [0.2, 0.25) is 5.91 Å². The predicted molar refractivity (Wildman–Crippen MR) is 78.8 cm³/mol. The van der Waals surface area contributed by atoms with Crippen molar-refractivity contribution in [1.29, 1.82) is 0 Å². The number of allylic oxidation sites excluding steroid dienone is 2. The zero-order valence-corrected chi connectivity index (χ0v) is 12.7. The van der Waals surface area contributed by atoms with E-state index in [4.69, 9.17) is 4.74 Å². The van der Waals surface area contributed by atoms with E-state index < -0.39 is 0 Å². The lowest BCUT2D eigenvalue weighted by atomic mass is 9.92. The number of nitrogens with zero attached hydrogens (tertiary/aromatic N) is 2. The third-order valence-corrected chi connectivity index (χ3v) is 4.75. The van der Waals surface area contributed by atoms with Crippen molar-refractivity contribution in [3.8, 4) is 0 Å². The Morgan fingerprint density at radius 2 is 1.73 bits per heavy atom. The lowest BCUT2D eigenvalue weighted by Crippen LogP contribution is -2.55. The molecular weight excluding hydrogens is 284 g/mol. The Bertz CT molecular complexity index is 478. The second kappa shape index (κ2) is 6.60. The van der Waals surface area contributed by atoms with Gasteiger partial charge in [0.15, 0.2) is 0 Å². The molecule has 1 atom stereocenters. The van der Waals surface area contributed by atoms with Gasteiger partial charge in [0.25, 0.3) is 11.8 Å². The summed E-state index contributed by atoms with van der Waals surface area (Å²) in [5, 5.41) is 0. The van der Waals surface area contributed by atoms with Gasteiger partial charge < -0.3 is 9.64 Å². The summed E-state index contributed by atoms with van der Waals surface area (Å²) in [5.74, 6) is -0.174. The number of carbonyl (C=O) groups excluding carboxylic acids is 3. The summed E-state index contributed by atoms with van der Waals surface area (Å²) in [6.07, 6.45) is 8.30. The first-order valence-corrected chi connectivity index (χ1v) is 8.03. The van der Waals surface area contributed by atoms with Crippen LogP contribution in [0.3, 0.4) is 0 Å². The van der Waals surface area contributed by atoms with E-state index in [1.807, 2.05) is 4.90 Å². The van der Waals surface area contributed by atoms with Crippen molar-refractivity contribution in [1.82, 2.24) is 9.80 Å². The molecule has 3 rings (SSSR count). The summed E-state index contributed by atoms with van der Waals surface area (Å²) in [7, 11) is 0. The van der Waals surface area contributed by atoms with Gasteiger partial charge in [-0.25, -0.2) is 0 Å². The minimum Gasteiger partial charge on any atom is -0.362 e. The minimum absolute atomic E-state index is 0.0146. The molecule has 0 aromatic carbocycles. The summed E-state index contributed by atoms with van der Waals surface area (Å²) >= 11 is 0. The normalized spacial score (nSPS) is 27.4. The number of morpholine rings is 1. The van der Waals surface area contributed by atoms with Crippen LogP contribution in [0.1, 0.15) is 32.1 Å². The Hall–Kier alpha value is -1.69. The Kier molecular flexibility index (Phi) is 4.57. The molecule has 6 heteroatoms. The number of rotatable bonds is 2. The summed E-state index contributed by atoms with van der Waals surface area (Å²) < 4.78 is 4.94. The van der Waals surface area contributed by atoms with Crippen LogP contribution in [-0.2, 0) is 19.1 Å². The second-order valence-corrected chi connectivity index (χ2v) is 6.19. The van der Waals surface area contributed by atoms with Crippen LogP contribution in [0.4, 0.5) is 0 Å². The first-order chi connectivity index (χ1) is 10.7. The van der Waals surface area contributed by atoms with Crippen molar-refractivity contribution in [2.45, 2.75) is 38.1 Å². The van der Waals surface area contributed by atoms with Gasteiger partial charge in [-0.2, -0.15) is 0 Å². The summed E-state index contributed by atoms with van der Waals surface area (Å²) in [6.45, 7) is 1.22. The fourth-order valence-electron chi connectivity index (χ4n) is 3.53. The molecule has 3 amide bonds. The third kappa shape index (κ3) is 3.06. The molecule has 0 bridgehead atoms. The predicted octanol–water partition coefficient (Wildman–Crippen LogP) is 0.719. The number of imide groups is 1. The third-order valence-electron chi connectivity index (χ3n) is 4.75. The molecule has 0 N–H and O–H groups in total. The van der Waals surface area contributed by atoms with Gasteiger partial charge in [-0.15, -0.1) is 0 Å². The molecule has 3 aliphatic rings. The van der Waals surface area contributed by atoms with Crippen molar-refractivity contribution in [3.63, 3.8) is 0 Å². The van der Waals surface area contributed by atoms with Crippen molar-refractivity contribution >= 4 is 17.7 Å². The number of hydrogen-bond acceptors (Lipinski definition) is 4. The van der Waals surface area contributed by atoms with E-state index in [-0.39, 0.29) is 42.9 Å². The zero-order chi connectivity index (χ0) is 15.5. The molecule has 0 radical (unpaired) electrons. The van der Waals surface area contributed by atoms with Gasteiger partial charge in [0.1, 0.15) is 13.2 Å². The fourth-order valence-corrected chi connectivity index (χ4v) is 3.53. The summed E-state index contributed by atoms with van der Waals surface area (Å²) in [6, 6.07) is -0.0841. The molecule has 2 saturated heterocycles. The van der Waals surface area contributed by atoms with E-state index in [1.165, 1.54) is 4.90 Å². The Labute approximate surface area is 130 Å². The highest BCUT2D eigenvalue weighted by atomic mass is 16.5. The van der Waals surface area contributed by atoms with Crippen LogP contribution in [0.25, 0.3) is 0 Å². The number of carbonyl (C=O) groups is 3. The quantitative estimate of drug-likeness (QED) is 0.557. The molecule has 0 unspecified atom stereocenters. The van der Waals surface area contributed by atoms with Crippen LogP contribution in [0.2, 0.25) is 0 Å². The summed E-state index contributed by atoms with van der Waals surface area (Å²) in [5.41, 5.74) is 0. The SMILES string of the molecule is O=C([C@@H]1CC=CCC1)N1CCC(N2C(=O)COCC2=O)CC1. The Morgan fingerprint density at radius 3 is 2.32 bits per heavy atom. The van der Waals surface area contributed by atoms with Crippen molar-refractivity contribution < 1.29 is 19.1 Å². The molecule has 0 aromatic rings. The van der Waals surface area contributed by atoms with E-state index in [0.29, 0.717) is 25.9 Å². The highest BCUT2D eigenvalue weighted by Gasteiger charge is 2.36. The molecular formula is C16H22N2O4. The maximum atomic E-state index is 12.5. The maximum absolute atomic E-state index is 12.5. The standard InChI is InChI=1S/C16H22N2O4/c19-14-10-22-11-15(20)18(14)13-6-8-17(9-7-13)16(21)12-4-2-1-3-5-12/h1-2,12-13H,3-11H2/t12-/m1/s1. The van der Waals surface area contributed by atoms with Crippen LogP contribution in [0.5, 0.6) is 0 Å². The fraction of sp³-hybridized carbons (Fsp3) is 0.688. The van der Waals surface area contributed by atoms with Crippen molar-refractivity contribution in [3.05, 3.63) is 12.2 Å². The number of ether oxygens (including phenoxy) is 1. The number of piperidine rings is 1. The minimum atomic E-state index is -0.251. The zero-order valence-electron chi connectivity index (χ0n) is 12.7. The number of hydrogen-bond donors (Lipinski definition) is 0. The van der Waals surface area contributed by atoms with Gasteiger partial charge in [-0.3, -0.25) is 19.3 Å². The molecule has 1 aliphatic carbocycles. The molecule has 0 spiro atoms. The van der Waals surface area contributed by atoms with E-state index in [1.54, 1.807) is 0 Å². The number of likely N-dealkylation sites (tertiary alicyclic amines) is 1. The molecule has 0 saturated carbocycles. The molecule has 0 aromatic heterocycles. The van der Waals surface area contributed by atoms with Crippen LogP contribution >= 0.6 is 0 Å². The first-order valence-electron chi connectivity index (χ1n) is 8.03. The maximum Gasteiger partial charge on any atom is 0.255 e. The van der Waals surface area contributed by atoms with Gasteiger partial charge in [-0.05, 0) is 32.1 Å². The van der Waals surface area contributed by atoms with Gasteiger partial charge in [-0.1, -0.05) is 12.2 Å². The highest BCUT2D eigenvalue weighted by molar-refractivity contribution is 5.98. The van der Waals surface area contributed by atoms with Crippen LogP contribution in [0.15, 0.2) is 12.2 Å². The van der Waals surface area contributed by atoms with E-state index in [9.17, 15) is 14.4 Å². The molecule has 22 heavy (non-hydrogen) atoms. The number of amides is 3. The largest absolute Gasteiger partial charge is 0.362 e. The average molecular weight is 306 g/mol. The Morgan fingerprint density at radius 1 is 1.05 bits per heavy atom. The topological polar surface area (TPSA) is 66.9 Å². The highest BCUT2D eigenvalue weighted by Crippen LogP contribution is 2.24. The van der Waals surface area contributed by atoms with Crippen molar-refractivity contribution in [2.24, 2.45) is 5.92 Å². The van der Waals surface area contributed by atoms with E-state index >= 15 is 0 Å². The molecule has 6 nitrogen and oxygen atoms in total. The second-order valence-electron chi connectivity index (χ2n) is 6.19. The van der Waals surface area contributed by atoms with Crippen LogP contribution in [0, 0.1) is 5.92 Å².